The standard InChI is InChI=1S/C13H9FO2.Na.H2O3S/c14-12-7-6-10(9-15)8-13(12)16-11-4-2-1-3-5-11;;1-4(2)3/h1-9H;;(H2,1,2,3)/q;+1;/p-1. The Morgan fingerprint density at radius 1 is 1.19 bits per heavy atom. The molecule has 0 heterocycles. The predicted molar refractivity (Wildman–Crippen MR) is 69.9 cm³/mol. The van der Waals surface area contributed by atoms with Crippen LogP contribution in [-0.4, -0.2) is 19.6 Å². The van der Waals surface area contributed by atoms with Crippen molar-refractivity contribution in [3.63, 3.8) is 0 Å². The Bertz CT molecular complexity index is 590. The van der Waals surface area contributed by atoms with Crippen molar-refractivity contribution < 1.29 is 56.8 Å². The van der Waals surface area contributed by atoms with Crippen molar-refractivity contribution in [2.24, 2.45) is 0 Å². The molecule has 0 bridgehead atoms. The molecule has 1 unspecified atom stereocenters. The third-order valence-electron chi connectivity index (χ3n) is 2.06. The minimum Gasteiger partial charge on any atom is -0.750 e. The molecule has 2 rings (SSSR count). The molecule has 8 heteroatoms. The molecule has 2 aromatic rings. The number of carbonyl (C=O) groups is 1. The van der Waals surface area contributed by atoms with Gasteiger partial charge in [0.15, 0.2) is 11.6 Å². The zero-order valence-electron chi connectivity index (χ0n) is 11.1. The third-order valence-corrected chi connectivity index (χ3v) is 2.06. The fraction of sp³-hybridized carbons (Fsp3) is 0. The normalized spacial score (nSPS) is 10.4. The van der Waals surface area contributed by atoms with Crippen LogP contribution in [0.2, 0.25) is 0 Å². The smallest absolute Gasteiger partial charge is 0.750 e. The van der Waals surface area contributed by atoms with Crippen LogP contribution < -0.4 is 34.3 Å². The van der Waals surface area contributed by atoms with E-state index in [1.54, 1.807) is 24.3 Å². The van der Waals surface area contributed by atoms with Gasteiger partial charge in [-0.3, -0.25) is 4.79 Å². The molecule has 5 nitrogen and oxygen atoms in total. The number of ether oxygens (including phenoxy) is 1. The quantitative estimate of drug-likeness (QED) is 0.480. The maximum absolute atomic E-state index is 13.4. The van der Waals surface area contributed by atoms with Gasteiger partial charge in [-0.05, 0) is 30.3 Å². The van der Waals surface area contributed by atoms with E-state index < -0.39 is 17.2 Å². The molecule has 0 amide bonds. The number of hydrogen-bond acceptors (Lipinski definition) is 4. The summed E-state index contributed by atoms with van der Waals surface area (Å²) >= 11 is -2.86. The van der Waals surface area contributed by atoms with Crippen LogP contribution in [0.25, 0.3) is 0 Å². The predicted octanol–water partition coefficient (Wildman–Crippen LogP) is -0.227. The third kappa shape index (κ3) is 8.05. The number of hydrogen-bond donors (Lipinski definition) is 1. The molecule has 0 spiro atoms. The van der Waals surface area contributed by atoms with E-state index in [1.807, 2.05) is 6.07 Å². The Kier molecular flexibility index (Phi) is 10.1. The minimum atomic E-state index is -2.86. The van der Waals surface area contributed by atoms with Gasteiger partial charge in [0.1, 0.15) is 12.0 Å². The first kappa shape index (κ1) is 19.9. The Morgan fingerprint density at radius 3 is 2.29 bits per heavy atom. The Balaban J connectivity index is 0.000000715. The molecular weight excluding hydrogens is 310 g/mol. The van der Waals surface area contributed by atoms with Crippen LogP contribution in [0.15, 0.2) is 48.5 Å². The van der Waals surface area contributed by atoms with Crippen LogP contribution >= 0.6 is 0 Å². The van der Waals surface area contributed by atoms with Crippen molar-refractivity contribution in [3.8, 4) is 11.5 Å². The van der Waals surface area contributed by atoms with Gasteiger partial charge in [0.2, 0.25) is 0 Å². The maximum atomic E-state index is 13.4. The number of benzene rings is 2. The average Bonchev–Trinajstić information content (AvgIpc) is 2.42. The van der Waals surface area contributed by atoms with Gasteiger partial charge in [-0.2, -0.15) is 0 Å². The molecule has 0 aliphatic heterocycles. The summed E-state index contributed by atoms with van der Waals surface area (Å²) < 4.78 is 42.8. The fourth-order valence-electron chi connectivity index (χ4n) is 1.29. The number of aldehydes is 1. The van der Waals surface area contributed by atoms with Gasteiger partial charge in [0, 0.05) is 5.56 Å². The van der Waals surface area contributed by atoms with Crippen molar-refractivity contribution in [2.75, 3.05) is 0 Å². The molecule has 2 aromatic carbocycles. The van der Waals surface area contributed by atoms with Crippen LogP contribution in [0.1, 0.15) is 10.4 Å². The topological polar surface area (TPSA) is 86.7 Å². The fourth-order valence-corrected chi connectivity index (χ4v) is 1.29. The molecule has 1 N–H and O–H groups in total. The van der Waals surface area contributed by atoms with Crippen molar-refractivity contribution in [1.82, 2.24) is 0 Å². The maximum Gasteiger partial charge on any atom is 1.00 e. The van der Waals surface area contributed by atoms with E-state index in [4.69, 9.17) is 18.1 Å². The van der Waals surface area contributed by atoms with E-state index in [9.17, 15) is 9.18 Å². The van der Waals surface area contributed by atoms with E-state index in [-0.39, 0.29) is 35.3 Å². The SMILES string of the molecule is O=Cc1ccc(F)c(Oc2ccccc2)c1.O=S([O-])O.[Na+]. The number of rotatable bonds is 3. The molecule has 0 saturated carbocycles. The summed E-state index contributed by atoms with van der Waals surface area (Å²) in [5, 5.41) is 0. The number of para-hydroxylation sites is 1. The summed E-state index contributed by atoms with van der Waals surface area (Å²) in [7, 11) is 0. The van der Waals surface area contributed by atoms with E-state index >= 15 is 0 Å². The Morgan fingerprint density at radius 2 is 1.76 bits per heavy atom. The van der Waals surface area contributed by atoms with Gasteiger partial charge < -0.3 is 13.8 Å². The van der Waals surface area contributed by atoms with E-state index in [2.05, 4.69) is 0 Å². The van der Waals surface area contributed by atoms with Gasteiger partial charge in [0.05, 0.1) is 11.4 Å². The second-order valence-electron chi connectivity index (χ2n) is 3.44. The monoisotopic (exact) mass is 320 g/mol. The Hall–Kier alpha value is -1.09. The van der Waals surface area contributed by atoms with Crippen molar-refractivity contribution in [3.05, 3.63) is 59.9 Å². The molecule has 1 atom stereocenters. The molecule has 0 aliphatic carbocycles. The summed E-state index contributed by atoms with van der Waals surface area (Å²) in [4.78, 5) is 10.5. The molecular formula is C13H10FNaO5S. The minimum absolute atomic E-state index is 0. The molecule has 21 heavy (non-hydrogen) atoms. The first-order chi connectivity index (χ1) is 9.52. The Labute approximate surface area is 145 Å². The summed E-state index contributed by atoms with van der Waals surface area (Å²) in [5.41, 5.74) is 0.382. The van der Waals surface area contributed by atoms with Crippen LogP contribution in [0.4, 0.5) is 4.39 Å². The molecule has 0 aromatic heterocycles. The van der Waals surface area contributed by atoms with Crippen molar-refractivity contribution in [1.29, 1.82) is 0 Å². The zero-order chi connectivity index (χ0) is 15.0. The molecule has 0 saturated heterocycles. The van der Waals surface area contributed by atoms with E-state index in [0.717, 1.165) is 0 Å². The molecule has 106 valence electrons. The van der Waals surface area contributed by atoms with Crippen LogP contribution in [0.5, 0.6) is 11.5 Å². The summed E-state index contributed by atoms with van der Waals surface area (Å²) in [6, 6.07) is 12.8. The van der Waals surface area contributed by atoms with Crippen LogP contribution in [0.3, 0.4) is 0 Å². The van der Waals surface area contributed by atoms with Gasteiger partial charge in [-0.1, -0.05) is 18.2 Å². The van der Waals surface area contributed by atoms with Crippen molar-refractivity contribution >= 4 is 17.6 Å². The molecule has 0 fully saturated rings. The first-order valence-corrected chi connectivity index (χ1v) is 6.32. The second kappa shape index (κ2) is 10.6. The number of carbonyl (C=O) groups excluding carboxylic acids is 1. The van der Waals surface area contributed by atoms with E-state index in [1.165, 1.54) is 18.2 Å². The van der Waals surface area contributed by atoms with Crippen molar-refractivity contribution in [2.45, 2.75) is 0 Å². The van der Waals surface area contributed by atoms with E-state index in [0.29, 0.717) is 17.6 Å². The summed E-state index contributed by atoms with van der Waals surface area (Å²) in [6.45, 7) is 0. The first-order valence-electron chi connectivity index (χ1n) is 5.29. The number of halogens is 1. The molecule has 0 radical (unpaired) electrons. The summed E-state index contributed by atoms with van der Waals surface area (Å²) in [6.07, 6.45) is 0.650. The largest absolute Gasteiger partial charge is 1.00 e. The van der Waals surface area contributed by atoms with Gasteiger partial charge in [0.25, 0.3) is 0 Å². The van der Waals surface area contributed by atoms with Gasteiger partial charge >= 0.3 is 29.6 Å². The molecule has 0 aliphatic rings. The van der Waals surface area contributed by atoms with Crippen LogP contribution in [0, 0.1) is 5.82 Å². The van der Waals surface area contributed by atoms with Crippen LogP contribution in [-0.2, 0) is 11.4 Å². The van der Waals surface area contributed by atoms with Gasteiger partial charge in [-0.25, -0.2) is 8.60 Å². The second-order valence-corrected chi connectivity index (χ2v) is 3.87. The summed E-state index contributed by atoms with van der Waals surface area (Å²) in [5.74, 6) is 0.0923. The van der Waals surface area contributed by atoms with Gasteiger partial charge in [-0.15, -0.1) is 0 Å². The average molecular weight is 320 g/mol. The zero-order valence-corrected chi connectivity index (χ0v) is 13.9.